The lowest BCUT2D eigenvalue weighted by Gasteiger charge is -2.26. The second kappa shape index (κ2) is 8.41. The average molecular weight is 393 g/mol. The number of phenolic OH excluding ortho intramolecular Hbond substituents is 1. The molecule has 3 aromatic rings. The molecular weight excluding hydrogens is 370 g/mol. The number of nitrogens with zero attached hydrogens (tertiary/aromatic N) is 1. The Morgan fingerprint density at radius 3 is 2.52 bits per heavy atom. The number of amides is 1. The first-order valence-corrected chi connectivity index (χ1v) is 9.53. The van der Waals surface area contributed by atoms with E-state index in [2.05, 4.69) is 6.07 Å². The van der Waals surface area contributed by atoms with Crippen LogP contribution in [-0.4, -0.2) is 55.9 Å². The SMILES string of the molecule is COc1cc(-c2ccc3ccc(OCC(=O)N4CCOCC4)cc3c2)ccc1O. The Kier molecular flexibility index (Phi) is 5.53. The van der Waals surface area contributed by atoms with E-state index in [1.54, 1.807) is 17.0 Å². The molecule has 0 unspecified atom stereocenters. The number of fused-ring (bicyclic) bond motifs is 1. The Morgan fingerprint density at radius 2 is 1.72 bits per heavy atom. The molecule has 6 heteroatoms. The molecule has 150 valence electrons. The molecule has 6 nitrogen and oxygen atoms in total. The zero-order chi connectivity index (χ0) is 20.2. The van der Waals surface area contributed by atoms with Gasteiger partial charge >= 0.3 is 0 Å². The fourth-order valence-corrected chi connectivity index (χ4v) is 3.40. The van der Waals surface area contributed by atoms with Crippen LogP contribution in [0.15, 0.2) is 54.6 Å². The van der Waals surface area contributed by atoms with E-state index in [4.69, 9.17) is 14.2 Å². The van der Waals surface area contributed by atoms with Crippen LogP contribution in [0, 0.1) is 0 Å². The van der Waals surface area contributed by atoms with Crippen LogP contribution in [-0.2, 0) is 9.53 Å². The van der Waals surface area contributed by atoms with Crippen molar-refractivity contribution in [1.29, 1.82) is 0 Å². The summed E-state index contributed by atoms with van der Waals surface area (Å²) in [6.45, 7) is 2.39. The first-order valence-electron chi connectivity index (χ1n) is 9.53. The van der Waals surface area contributed by atoms with Gasteiger partial charge in [0.15, 0.2) is 18.1 Å². The van der Waals surface area contributed by atoms with Crippen molar-refractivity contribution in [3.05, 3.63) is 54.6 Å². The van der Waals surface area contributed by atoms with Gasteiger partial charge in [0.1, 0.15) is 5.75 Å². The van der Waals surface area contributed by atoms with Crippen molar-refractivity contribution in [2.75, 3.05) is 40.0 Å². The molecule has 0 spiro atoms. The van der Waals surface area contributed by atoms with Crippen molar-refractivity contribution in [3.8, 4) is 28.4 Å². The van der Waals surface area contributed by atoms with Gasteiger partial charge in [-0.15, -0.1) is 0 Å². The molecule has 4 rings (SSSR count). The number of phenols is 1. The topological polar surface area (TPSA) is 68.2 Å². The highest BCUT2D eigenvalue weighted by Gasteiger charge is 2.17. The minimum atomic E-state index is -0.0293. The van der Waals surface area contributed by atoms with Crippen molar-refractivity contribution in [2.45, 2.75) is 0 Å². The normalized spacial score (nSPS) is 14.0. The van der Waals surface area contributed by atoms with Crippen LogP contribution in [0.4, 0.5) is 0 Å². The van der Waals surface area contributed by atoms with Crippen LogP contribution in [0.25, 0.3) is 21.9 Å². The van der Waals surface area contributed by atoms with Crippen LogP contribution < -0.4 is 9.47 Å². The third kappa shape index (κ3) is 4.27. The largest absolute Gasteiger partial charge is 0.504 e. The molecule has 0 aromatic heterocycles. The van der Waals surface area contributed by atoms with E-state index in [0.717, 1.165) is 21.9 Å². The van der Waals surface area contributed by atoms with Crippen LogP contribution in [0.2, 0.25) is 0 Å². The average Bonchev–Trinajstić information content (AvgIpc) is 2.77. The van der Waals surface area contributed by atoms with Crippen LogP contribution >= 0.6 is 0 Å². The summed E-state index contributed by atoms with van der Waals surface area (Å²) in [4.78, 5) is 14.0. The zero-order valence-electron chi connectivity index (χ0n) is 16.3. The van der Waals surface area contributed by atoms with Gasteiger partial charge in [0, 0.05) is 13.1 Å². The van der Waals surface area contributed by atoms with E-state index in [1.165, 1.54) is 7.11 Å². The molecule has 0 radical (unpaired) electrons. The maximum absolute atomic E-state index is 12.3. The van der Waals surface area contributed by atoms with Gasteiger partial charge in [0.05, 0.1) is 20.3 Å². The Bertz CT molecular complexity index is 1030. The lowest BCUT2D eigenvalue weighted by molar-refractivity contribution is -0.137. The van der Waals surface area contributed by atoms with Gasteiger partial charge < -0.3 is 24.2 Å². The molecule has 0 bridgehead atoms. The summed E-state index contributed by atoms with van der Waals surface area (Å²) in [6.07, 6.45) is 0. The van der Waals surface area contributed by atoms with Crippen LogP contribution in [0.1, 0.15) is 0 Å². The first kappa shape index (κ1) is 19.1. The van der Waals surface area contributed by atoms with E-state index in [9.17, 15) is 9.90 Å². The fourth-order valence-electron chi connectivity index (χ4n) is 3.40. The third-order valence-corrected chi connectivity index (χ3v) is 5.05. The highest BCUT2D eigenvalue weighted by Crippen LogP contribution is 2.33. The summed E-state index contributed by atoms with van der Waals surface area (Å²) < 4.78 is 16.2. The number of hydrogen-bond donors (Lipinski definition) is 1. The predicted octanol–water partition coefficient (Wildman–Crippen LogP) is 3.46. The monoisotopic (exact) mass is 393 g/mol. The number of aromatic hydroxyl groups is 1. The minimum Gasteiger partial charge on any atom is -0.504 e. The summed E-state index contributed by atoms with van der Waals surface area (Å²) >= 11 is 0. The smallest absolute Gasteiger partial charge is 0.260 e. The van der Waals surface area contributed by atoms with Crippen LogP contribution in [0.5, 0.6) is 17.2 Å². The maximum atomic E-state index is 12.3. The van der Waals surface area contributed by atoms with Crippen LogP contribution in [0.3, 0.4) is 0 Å². The number of methoxy groups -OCH3 is 1. The lowest BCUT2D eigenvalue weighted by Crippen LogP contribution is -2.42. The number of ether oxygens (including phenoxy) is 3. The van der Waals surface area contributed by atoms with E-state index in [0.29, 0.717) is 37.8 Å². The number of benzene rings is 3. The zero-order valence-corrected chi connectivity index (χ0v) is 16.3. The van der Waals surface area contributed by atoms with Crippen molar-refractivity contribution in [2.24, 2.45) is 0 Å². The quantitative estimate of drug-likeness (QED) is 0.719. The summed E-state index contributed by atoms with van der Waals surface area (Å²) in [5.41, 5.74) is 1.94. The third-order valence-electron chi connectivity index (χ3n) is 5.05. The molecule has 1 heterocycles. The van der Waals surface area contributed by atoms with Gasteiger partial charge in [0.25, 0.3) is 5.91 Å². The molecule has 0 saturated carbocycles. The van der Waals surface area contributed by atoms with E-state index >= 15 is 0 Å². The summed E-state index contributed by atoms with van der Waals surface area (Å²) in [7, 11) is 1.53. The van der Waals surface area contributed by atoms with Crippen molar-refractivity contribution < 1.29 is 24.1 Å². The van der Waals surface area contributed by atoms with E-state index in [-0.39, 0.29) is 18.3 Å². The molecular formula is C23H23NO5. The lowest BCUT2D eigenvalue weighted by atomic mass is 10.0. The Labute approximate surface area is 169 Å². The van der Waals surface area contributed by atoms with Gasteiger partial charge in [-0.1, -0.05) is 24.3 Å². The Morgan fingerprint density at radius 1 is 1.00 bits per heavy atom. The Balaban J connectivity index is 1.53. The molecule has 0 aliphatic carbocycles. The van der Waals surface area contributed by atoms with Crippen molar-refractivity contribution >= 4 is 16.7 Å². The maximum Gasteiger partial charge on any atom is 0.260 e. The van der Waals surface area contributed by atoms with Crippen molar-refractivity contribution in [3.63, 3.8) is 0 Å². The van der Waals surface area contributed by atoms with Gasteiger partial charge in [-0.2, -0.15) is 0 Å². The molecule has 1 saturated heterocycles. The Hall–Kier alpha value is -3.25. The van der Waals surface area contributed by atoms with E-state index in [1.807, 2.05) is 36.4 Å². The van der Waals surface area contributed by atoms with E-state index < -0.39 is 0 Å². The van der Waals surface area contributed by atoms with Gasteiger partial charge in [-0.3, -0.25) is 4.79 Å². The molecule has 0 atom stereocenters. The molecule has 1 N–H and O–H groups in total. The number of morpholine rings is 1. The molecule has 3 aromatic carbocycles. The van der Waals surface area contributed by atoms with Gasteiger partial charge in [-0.05, 0) is 52.2 Å². The summed E-state index contributed by atoms with van der Waals surface area (Å²) in [5, 5.41) is 11.9. The number of hydrogen-bond acceptors (Lipinski definition) is 5. The highest BCUT2D eigenvalue weighted by atomic mass is 16.5. The molecule has 1 aliphatic rings. The fraction of sp³-hybridized carbons (Fsp3) is 0.261. The predicted molar refractivity (Wildman–Crippen MR) is 110 cm³/mol. The summed E-state index contributed by atoms with van der Waals surface area (Å²) in [6, 6.07) is 17.2. The van der Waals surface area contributed by atoms with Crippen molar-refractivity contribution in [1.82, 2.24) is 4.90 Å². The second-order valence-corrected chi connectivity index (χ2v) is 6.89. The standard InChI is InChI=1S/C23H23NO5/c1-27-22-14-18(5-7-21(22)25)17-3-2-16-4-6-20(13-19(16)12-17)29-15-23(26)24-8-10-28-11-9-24/h2-7,12-14,25H,8-11,15H2,1H3. The number of rotatable bonds is 5. The van der Waals surface area contributed by atoms with Gasteiger partial charge in [-0.25, -0.2) is 0 Å². The summed E-state index contributed by atoms with van der Waals surface area (Å²) in [5.74, 6) is 1.16. The highest BCUT2D eigenvalue weighted by molar-refractivity contribution is 5.88. The molecule has 1 fully saturated rings. The molecule has 1 amide bonds. The second-order valence-electron chi connectivity index (χ2n) is 6.89. The minimum absolute atomic E-state index is 0.0142. The number of carbonyl (C=O) groups is 1. The molecule has 29 heavy (non-hydrogen) atoms. The number of carbonyl (C=O) groups excluding carboxylic acids is 1. The van der Waals surface area contributed by atoms with Gasteiger partial charge in [0.2, 0.25) is 0 Å². The molecule has 1 aliphatic heterocycles. The first-order chi connectivity index (χ1) is 14.1.